The van der Waals surface area contributed by atoms with E-state index in [0.717, 1.165) is 13.0 Å². The standard InChI is InChI=1S/C15H32BNS/c1-4-6-7-8-9-10-11-13(3)15(18)14(5-2)12-17-16/h13-15,17-18H,4-12H2,1-3H3. The molecule has 0 rings (SSSR count). The van der Waals surface area contributed by atoms with Crippen molar-refractivity contribution in [3.05, 3.63) is 0 Å². The zero-order valence-electron chi connectivity index (χ0n) is 12.6. The average molecular weight is 269 g/mol. The lowest BCUT2D eigenvalue weighted by Gasteiger charge is -2.27. The van der Waals surface area contributed by atoms with Crippen LogP contribution < -0.4 is 5.23 Å². The van der Waals surface area contributed by atoms with E-state index < -0.39 is 0 Å². The molecule has 0 aromatic carbocycles. The van der Waals surface area contributed by atoms with Crippen molar-refractivity contribution in [2.45, 2.75) is 77.4 Å². The zero-order valence-corrected chi connectivity index (χ0v) is 13.5. The van der Waals surface area contributed by atoms with Gasteiger partial charge in [-0.15, -0.1) is 0 Å². The summed E-state index contributed by atoms with van der Waals surface area (Å²) in [5, 5.41) is 3.27. The van der Waals surface area contributed by atoms with Gasteiger partial charge < -0.3 is 5.23 Å². The van der Waals surface area contributed by atoms with Crippen molar-refractivity contribution in [3.8, 4) is 0 Å². The molecular formula is C15H32BNS. The Morgan fingerprint density at radius 1 is 1.06 bits per heavy atom. The Kier molecular flexibility index (Phi) is 12.7. The van der Waals surface area contributed by atoms with Crippen LogP contribution in [0.5, 0.6) is 0 Å². The molecular weight excluding hydrogens is 237 g/mol. The first-order valence-corrected chi connectivity index (χ1v) is 8.30. The molecule has 106 valence electrons. The van der Waals surface area contributed by atoms with Gasteiger partial charge >= 0.3 is 0 Å². The lowest BCUT2D eigenvalue weighted by atomic mass is 9.89. The third-order valence-electron chi connectivity index (χ3n) is 3.98. The number of rotatable bonds is 12. The molecule has 0 saturated heterocycles. The number of hydrogen-bond acceptors (Lipinski definition) is 2. The van der Waals surface area contributed by atoms with Crippen LogP contribution in [0, 0.1) is 11.8 Å². The van der Waals surface area contributed by atoms with Crippen LogP contribution in [-0.2, 0) is 0 Å². The summed E-state index contributed by atoms with van der Waals surface area (Å²) in [5.74, 6) is 1.28. The van der Waals surface area contributed by atoms with Gasteiger partial charge in [0.05, 0.1) is 0 Å². The first-order chi connectivity index (χ1) is 8.67. The van der Waals surface area contributed by atoms with Crippen molar-refractivity contribution in [2.24, 2.45) is 11.8 Å². The first-order valence-electron chi connectivity index (χ1n) is 7.78. The van der Waals surface area contributed by atoms with Gasteiger partial charge in [-0.25, -0.2) is 0 Å². The van der Waals surface area contributed by atoms with Crippen LogP contribution in [0.25, 0.3) is 0 Å². The Hall–Kier alpha value is 0.375. The molecule has 0 spiro atoms. The monoisotopic (exact) mass is 269 g/mol. The highest BCUT2D eigenvalue weighted by atomic mass is 32.1. The fourth-order valence-electron chi connectivity index (χ4n) is 2.54. The highest BCUT2D eigenvalue weighted by Gasteiger charge is 2.21. The van der Waals surface area contributed by atoms with E-state index in [-0.39, 0.29) is 0 Å². The molecule has 3 atom stereocenters. The zero-order chi connectivity index (χ0) is 13.8. The third-order valence-corrected chi connectivity index (χ3v) is 4.91. The molecule has 0 aromatic heterocycles. The molecule has 3 unspecified atom stereocenters. The molecule has 0 aromatic rings. The average Bonchev–Trinajstić information content (AvgIpc) is 2.39. The molecule has 18 heavy (non-hydrogen) atoms. The summed E-state index contributed by atoms with van der Waals surface area (Å²) in [4.78, 5) is 0. The summed E-state index contributed by atoms with van der Waals surface area (Å²) < 4.78 is 0. The number of nitrogens with one attached hydrogen (secondary N) is 1. The molecule has 3 heteroatoms. The lowest BCUT2D eigenvalue weighted by Crippen LogP contribution is -2.30. The van der Waals surface area contributed by atoms with E-state index in [0.29, 0.717) is 17.1 Å². The maximum absolute atomic E-state index is 5.43. The summed E-state index contributed by atoms with van der Waals surface area (Å²) in [6, 6.07) is 0. The van der Waals surface area contributed by atoms with Crippen molar-refractivity contribution in [1.82, 2.24) is 5.23 Å². The molecule has 0 heterocycles. The van der Waals surface area contributed by atoms with Gasteiger partial charge in [-0.05, 0) is 24.8 Å². The van der Waals surface area contributed by atoms with Crippen molar-refractivity contribution in [1.29, 1.82) is 0 Å². The molecule has 0 fully saturated rings. The van der Waals surface area contributed by atoms with Gasteiger partial charge in [-0.2, -0.15) is 12.6 Å². The van der Waals surface area contributed by atoms with E-state index in [9.17, 15) is 0 Å². The highest BCUT2D eigenvalue weighted by Crippen LogP contribution is 2.26. The molecule has 1 N–H and O–H groups in total. The van der Waals surface area contributed by atoms with Crippen LogP contribution in [0.4, 0.5) is 0 Å². The fourth-order valence-corrected chi connectivity index (χ4v) is 3.01. The van der Waals surface area contributed by atoms with Crippen LogP contribution >= 0.6 is 12.6 Å². The van der Waals surface area contributed by atoms with Gasteiger partial charge in [-0.1, -0.05) is 65.7 Å². The quantitative estimate of drug-likeness (QED) is 0.304. The van der Waals surface area contributed by atoms with E-state index in [1.807, 2.05) is 0 Å². The predicted molar refractivity (Wildman–Crippen MR) is 87.5 cm³/mol. The van der Waals surface area contributed by atoms with E-state index in [2.05, 4.69) is 26.0 Å². The van der Waals surface area contributed by atoms with Crippen molar-refractivity contribution in [2.75, 3.05) is 6.54 Å². The summed E-state index contributed by atoms with van der Waals surface area (Å²) in [6.45, 7) is 7.71. The molecule has 0 saturated carbocycles. The molecule has 1 nitrogen and oxygen atoms in total. The minimum atomic E-state index is 0.474. The molecule has 0 aliphatic rings. The predicted octanol–water partition coefficient (Wildman–Crippen LogP) is 4.37. The highest BCUT2D eigenvalue weighted by molar-refractivity contribution is 7.81. The number of hydrogen-bond donors (Lipinski definition) is 2. The fraction of sp³-hybridized carbons (Fsp3) is 1.00. The van der Waals surface area contributed by atoms with E-state index >= 15 is 0 Å². The summed E-state index contributed by atoms with van der Waals surface area (Å²) in [6.07, 6.45) is 10.7. The Balaban J connectivity index is 3.68. The van der Waals surface area contributed by atoms with Crippen LogP contribution in [0.3, 0.4) is 0 Å². The van der Waals surface area contributed by atoms with Crippen LogP contribution in [-0.4, -0.2) is 19.8 Å². The maximum Gasteiger partial charge on any atom is 0.177 e. The Morgan fingerprint density at radius 2 is 1.67 bits per heavy atom. The smallest absolute Gasteiger partial charge is 0.177 e. The van der Waals surface area contributed by atoms with Crippen LogP contribution in [0.15, 0.2) is 0 Å². The second-order valence-electron chi connectivity index (χ2n) is 5.60. The van der Waals surface area contributed by atoms with Gasteiger partial charge in [0.25, 0.3) is 0 Å². The largest absolute Gasteiger partial charge is 0.366 e. The third kappa shape index (κ3) is 8.47. The normalized spacial score (nSPS) is 16.4. The van der Waals surface area contributed by atoms with Gasteiger partial charge in [0.15, 0.2) is 7.98 Å². The van der Waals surface area contributed by atoms with Gasteiger partial charge in [-0.3, -0.25) is 0 Å². The molecule has 2 radical (unpaired) electrons. The van der Waals surface area contributed by atoms with E-state index in [1.165, 1.54) is 44.9 Å². The molecule has 0 bridgehead atoms. The Morgan fingerprint density at radius 3 is 2.22 bits per heavy atom. The Bertz CT molecular complexity index is 178. The minimum Gasteiger partial charge on any atom is -0.366 e. The first kappa shape index (κ1) is 18.4. The molecule has 0 aliphatic carbocycles. The van der Waals surface area contributed by atoms with Crippen molar-refractivity contribution < 1.29 is 0 Å². The maximum atomic E-state index is 5.43. The number of thiol groups is 1. The number of unbranched alkanes of at least 4 members (excludes halogenated alkanes) is 5. The van der Waals surface area contributed by atoms with Crippen LogP contribution in [0.1, 0.15) is 72.1 Å². The topological polar surface area (TPSA) is 12.0 Å². The molecule has 0 amide bonds. The molecule has 0 aliphatic heterocycles. The van der Waals surface area contributed by atoms with Gasteiger partial charge in [0.1, 0.15) is 0 Å². The van der Waals surface area contributed by atoms with E-state index in [1.54, 1.807) is 0 Å². The van der Waals surface area contributed by atoms with Gasteiger partial charge in [0, 0.05) is 5.25 Å². The van der Waals surface area contributed by atoms with Crippen molar-refractivity contribution >= 4 is 20.6 Å². The lowest BCUT2D eigenvalue weighted by molar-refractivity contribution is 0.370. The van der Waals surface area contributed by atoms with Gasteiger partial charge in [0.2, 0.25) is 0 Å². The summed E-state index contributed by atoms with van der Waals surface area (Å²) >= 11 is 4.80. The van der Waals surface area contributed by atoms with Crippen molar-refractivity contribution in [3.63, 3.8) is 0 Å². The second kappa shape index (κ2) is 12.4. The SMILES string of the molecule is [B]NCC(CC)C(S)C(C)CCCCCCCC. The van der Waals surface area contributed by atoms with Crippen LogP contribution in [0.2, 0.25) is 0 Å². The summed E-state index contributed by atoms with van der Waals surface area (Å²) in [7, 11) is 5.43. The van der Waals surface area contributed by atoms with E-state index in [4.69, 9.17) is 20.6 Å². The Labute approximate surface area is 122 Å². The minimum absolute atomic E-state index is 0.474. The second-order valence-corrected chi connectivity index (χ2v) is 6.20. The summed E-state index contributed by atoms with van der Waals surface area (Å²) in [5.41, 5.74) is 0.